The Morgan fingerprint density at radius 1 is 1.00 bits per heavy atom. The molecule has 0 heterocycles. The monoisotopic (exact) mass is 329 g/mol. The van der Waals surface area contributed by atoms with Gasteiger partial charge in [-0.15, -0.1) is 0 Å². The van der Waals surface area contributed by atoms with Crippen LogP contribution in [-0.4, -0.2) is 53.2 Å². The highest BCUT2D eigenvalue weighted by Crippen LogP contribution is 2.02. The molecular formula is C14H23N3O6. The number of carbonyl (C=O) groups is 5. The first-order valence-corrected chi connectivity index (χ1v) is 7.13. The van der Waals surface area contributed by atoms with Crippen molar-refractivity contribution < 1.29 is 29.1 Å². The second-order valence-corrected chi connectivity index (χ2v) is 5.50. The van der Waals surface area contributed by atoms with E-state index < -0.39 is 42.3 Å². The number of aliphatic carboxylic acids is 1. The summed E-state index contributed by atoms with van der Waals surface area (Å²) in [5.41, 5.74) is 0. The standard InChI is InChI=1S/C14H23N3O6/c1-7(2)12(16-9(4)19)14(23)15-8(3)13(22)17-10(6-18)5-11(20)21/h6-8,10,12H,5H2,1-4H3,(H,15,23)(H,16,19)(H,17,22)(H,20,21)/t8-,10+,12+/m1/s1. The van der Waals surface area contributed by atoms with E-state index in [1.165, 1.54) is 13.8 Å². The van der Waals surface area contributed by atoms with E-state index >= 15 is 0 Å². The van der Waals surface area contributed by atoms with Crippen LogP contribution in [0.4, 0.5) is 0 Å². The van der Waals surface area contributed by atoms with E-state index in [9.17, 15) is 24.0 Å². The summed E-state index contributed by atoms with van der Waals surface area (Å²) >= 11 is 0. The summed E-state index contributed by atoms with van der Waals surface area (Å²) in [5, 5.41) is 15.7. The van der Waals surface area contributed by atoms with Crippen LogP contribution in [0.25, 0.3) is 0 Å². The van der Waals surface area contributed by atoms with Crippen LogP contribution >= 0.6 is 0 Å². The van der Waals surface area contributed by atoms with Gasteiger partial charge in [0, 0.05) is 6.92 Å². The fourth-order valence-corrected chi connectivity index (χ4v) is 1.75. The first-order valence-electron chi connectivity index (χ1n) is 7.13. The third-order valence-corrected chi connectivity index (χ3v) is 2.95. The number of amides is 3. The fraction of sp³-hybridized carbons (Fsp3) is 0.643. The Bertz CT molecular complexity index is 477. The van der Waals surface area contributed by atoms with Crippen LogP contribution in [-0.2, 0) is 24.0 Å². The molecule has 0 unspecified atom stereocenters. The van der Waals surface area contributed by atoms with Crippen molar-refractivity contribution in [2.24, 2.45) is 5.92 Å². The molecule has 3 atom stereocenters. The number of carbonyl (C=O) groups excluding carboxylic acids is 4. The number of hydrogen-bond acceptors (Lipinski definition) is 5. The average molecular weight is 329 g/mol. The fourth-order valence-electron chi connectivity index (χ4n) is 1.75. The van der Waals surface area contributed by atoms with Gasteiger partial charge in [-0.1, -0.05) is 13.8 Å². The maximum atomic E-state index is 12.1. The lowest BCUT2D eigenvalue weighted by molar-refractivity contribution is -0.139. The molecule has 0 radical (unpaired) electrons. The highest BCUT2D eigenvalue weighted by molar-refractivity contribution is 5.92. The molecule has 0 saturated carbocycles. The highest BCUT2D eigenvalue weighted by Gasteiger charge is 2.27. The molecule has 23 heavy (non-hydrogen) atoms. The van der Waals surface area contributed by atoms with Gasteiger partial charge in [0.15, 0.2) is 0 Å². The van der Waals surface area contributed by atoms with E-state index in [0.717, 1.165) is 0 Å². The molecule has 0 aliphatic heterocycles. The van der Waals surface area contributed by atoms with Crippen LogP contribution in [0, 0.1) is 5.92 Å². The van der Waals surface area contributed by atoms with Gasteiger partial charge in [0.1, 0.15) is 18.4 Å². The van der Waals surface area contributed by atoms with Crippen molar-refractivity contribution in [1.29, 1.82) is 0 Å². The Kier molecular flexibility index (Phi) is 8.53. The lowest BCUT2D eigenvalue weighted by atomic mass is 10.0. The molecule has 3 amide bonds. The van der Waals surface area contributed by atoms with Crippen molar-refractivity contribution in [3.8, 4) is 0 Å². The van der Waals surface area contributed by atoms with E-state index in [1.54, 1.807) is 13.8 Å². The number of nitrogens with one attached hydrogen (secondary N) is 3. The van der Waals surface area contributed by atoms with Crippen molar-refractivity contribution in [1.82, 2.24) is 16.0 Å². The SMILES string of the molecule is CC(=O)N[C@H](C(=O)N[C@H](C)C(=O)N[C@H](C=O)CC(=O)O)C(C)C. The number of rotatable bonds is 9. The predicted molar refractivity (Wildman–Crippen MR) is 80.3 cm³/mol. The van der Waals surface area contributed by atoms with Crippen molar-refractivity contribution in [2.75, 3.05) is 0 Å². The molecule has 4 N–H and O–H groups in total. The van der Waals surface area contributed by atoms with Crippen molar-refractivity contribution in [2.45, 2.75) is 52.2 Å². The Morgan fingerprint density at radius 3 is 1.96 bits per heavy atom. The second-order valence-electron chi connectivity index (χ2n) is 5.50. The first kappa shape index (κ1) is 20.6. The largest absolute Gasteiger partial charge is 0.481 e. The summed E-state index contributed by atoms with van der Waals surface area (Å²) in [6.45, 7) is 6.14. The van der Waals surface area contributed by atoms with E-state index in [0.29, 0.717) is 6.29 Å². The molecule has 0 aliphatic carbocycles. The molecule has 0 saturated heterocycles. The van der Waals surface area contributed by atoms with Gasteiger partial charge in [0.2, 0.25) is 17.7 Å². The molecule has 0 spiro atoms. The predicted octanol–water partition coefficient (Wildman–Crippen LogP) is -1.19. The van der Waals surface area contributed by atoms with E-state index in [1.807, 2.05) is 0 Å². The topological polar surface area (TPSA) is 142 Å². The number of carboxylic acids is 1. The molecule has 0 aromatic heterocycles. The molecule has 0 bridgehead atoms. The first-order chi connectivity index (χ1) is 10.6. The zero-order valence-corrected chi connectivity index (χ0v) is 13.6. The summed E-state index contributed by atoms with van der Waals surface area (Å²) in [6, 6.07) is -2.96. The minimum Gasteiger partial charge on any atom is -0.481 e. The molecule has 130 valence electrons. The Hall–Kier alpha value is -2.45. The van der Waals surface area contributed by atoms with Crippen LogP contribution in [0.5, 0.6) is 0 Å². The van der Waals surface area contributed by atoms with Gasteiger partial charge in [0.25, 0.3) is 0 Å². The molecule has 0 aromatic rings. The summed E-state index contributed by atoms with van der Waals surface area (Å²) in [7, 11) is 0. The Labute approximate surface area is 134 Å². The molecule has 0 fully saturated rings. The van der Waals surface area contributed by atoms with Crippen LogP contribution in [0.1, 0.15) is 34.1 Å². The molecule has 0 rings (SSSR count). The lowest BCUT2D eigenvalue weighted by Gasteiger charge is -2.23. The van der Waals surface area contributed by atoms with Crippen LogP contribution in [0.2, 0.25) is 0 Å². The van der Waals surface area contributed by atoms with Crippen molar-refractivity contribution in [3.63, 3.8) is 0 Å². The van der Waals surface area contributed by atoms with Gasteiger partial charge >= 0.3 is 5.97 Å². The smallest absolute Gasteiger partial charge is 0.305 e. The third kappa shape index (κ3) is 7.93. The van der Waals surface area contributed by atoms with Gasteiger partial charge in [-0.3, -0.25) is 19.2 Å². The summed E-state index contributed by atoms with van der Waals surface area (Å²) in [6.07, 6.45) is -0.231. The maximum Gasteiger partial charge on any atom is 0.305 e. The minimum absolute atomic E-state index is 0.191. The van der Waals surface area contributed by atoms with Crippen LogP contribution in [0.3, 0.4) is 0 Å². The minimum atomic E-state index is -1.23. The van der Waals surface area contributed by atoms with Crippen molar-refractivity contribution >= 4 is 30.0 Å². The van der Waals surface area contributed by atoms with Gasteiger partial charge in [-0.25, -0.2) is 0 Å². The van der Waals surface area contributed by atoms with Crippen LogP contribution < -0.4 is 16.0 Å². The molecule has 9 heteroatoms. The highest BCUT2D eigenvalue weighted by atomic mass is 16.4. The van der Waals surface area contributed by atoms with Gasteiger partial charge in [-0.05, 0) is 12.8 Å². The number of aldehydes is 1. The normalized spacial score (nSPS) is 14.3. The number of hydrogen-bond donors (Lipinski definition) is 4. The van der Waals surface area contributed by atoms with E-state index in [2.05, 4.69) is 16.0 Å². The summed E-state index contributed by atoms with van der Waals surface area (Å²) in [5.74, 6) is -3.03. The quantitative estimate of drug-likeness (QED) is 0.392. The zero-order valence-electron chi connectivity index (χ0n) is 13.6. The van der Waals surface area contributed by atoms with Crippen LogP contribution in [0.15, 0.2) is 0 Å². The molecular weight excluding hydrogens is 306 g/mol. The third-order valence-electron chi connectivity index (χ3n) is 2.95. The average Bonchev–Trinajstić information content (AvgIpc) is 2.42. The van der Waals surface area contributed by atoms with Crippen molar-refractivity contribution in [3.05, 3.63) is 0 Å². The summed E-state index contributed by atoms with van der Waals surface area (Å²) < 4.78 is 0. The summed E-state index contributed by atoms with van der Waals surface area (Å²) in [4.78, 5) is 56.4. The van der Waals surface area contributed by atoms with Gasteiger partial charge in [0.05, 0.1) is 12.5 Å². The van der Waals surface area contributed by atoms with E-state index in [-0.39, 0.29) is 11.8 Å². The van der Waals surface area contributed by atoms with E-state index in [4.69, 9.17) is 5.11 Å². The van der Waals surface area contributed by atoms with Gasteiger partial charge < -0.3 is 25.9 Å². The van der Waals surface area contributed by atoms with Gasteiger partial charge in [-0.2, -0.15) is 0 Å². The Morgan fingerprint density at radius 2 is 1.57 bits per heavy atom. The Balaban J connectivity index is 4.70. The second kappa shape index (κ2) is 9.54. The lowest BCUT2D eigenvalue weighted by Crippen LogP contribution is -2.55. The zero-order chi connectivity index (χ0) is 18.2. The molecule has 0 aromatic carbocycles. The number of carboxylic acid groups (broad SMARTS) is 1. The molecule has 0 aliphatic rings. The molecule has 9 nitrogen and oxygen atoms in total. The maximum absolute atomic E-state index is 12.1.